The highest BCUT2D eigenvalue weighted by molar-refractivity contribution is 6.35. The first-order chi connectivity index (χ1) is 12.3. The summed E-state index contributed by atoms with van der Waals surface area (Å²) in [5, 5.41) is 5.16. The van der Waals surface area contributed by atoms with Gasteiger partial charge in [-0.1, -0.05) is 26.7 Å². The van der Waals surface area contributed by atoms with Gasteiger partial charge >= 0.3 is 17.8 Å². The third kappa shape index (κ3) is 4.50. The Morgan fingerprint density at radius 1 is 1.08 bits per heavy atom. The fraction of sp³-hybridized carbons (Fsp3) is 0.688. The summed E-state index contributed by atoms with van der Waals surface area (Å²) in [5.41, 5.74) is 3.04. The fourth-order valence-corrected chi connectivity index (χ4v) is 2.98. The predicted molar refractivity (Wildman–Crippen MR) is 90.2 cm³/mol. The molecule has 26 heavy (non-hydrogen) atoms. The number of carbonyl (C=O) groups excluding carboxylic acids is 5. The van der Waals surface area contributed by atoms with Crippen LogP contribution in [0.4, 0.5) is 4.79 Å². The number of amides is 6. The summed E-state index contributed by atoms with van der Waals surface area (Å²) in [7, 11) is 0. The van der Waals surface area contributed by atoms with Crippen molar-refractivity contribution >= 4 is 29.7 Å². The molecule has 0 bridgehead atoms. The van der Waals surface area contributed by atoms with Crippen molar-refractivity contribution in [3.63, 3.8) is 0 Å². The second-order valence-electron chi connectivity index (χ2n) is 6.65. The number of nitrogens with one attached hydrogen (secondary N) is 4. The Hall–Kier alpha value is -2.65. The van der Waals surface area contributed by atoms with E-state index in [9.17, 15) is 24.0 Å². The van der Waals surface area contributed by atoms with Crippen molar-refractivity contribution < 1.29 is 24.0 Å². The van der Waals surface area contributed by atoms with E-state index >= 15 is 0 Å². The van der Waals surface area contributed by atoms with Gasteiger partial charge in [-0.25, -0.2) is 4.79 Å². The van der Waals surface area contributed by atoms with E-state index in [2.05, 4.69) is 10.6 Å². The van der Waals surface area contributed by atoms with Gasteiger partial charge in [-0.2, -0.15) is 0 Å². The maximum absolute atomic E-state index is 12.6. The average molecular weight is 367 g/mol. The van der Waals surface area contributed by atoms with Crippen molar-refractivity contribution in [3.8, 4) is 0 Å². The van der Waals surface area contributed by atoms with Gasteiger partial charge in [0.25, 0.3) is 11.8 Å². The summed E-state index contributed by atoms with van der Waals surface area (Å²) in [6.45, 7) is 3.28. The highest BCUT2D eigenvalue weighted by Gasteiger charge is 2.50. The van der Waals surface area contributed by atoms with Gasteiger partial charge in [-0.15, -0.1) is 0 Å². The highest BCUT2D eigenvalue weighted by Crippen LogP contribution is 2.27. The quantitative estimate of drug-likeness (QED) is 0.268. The molecule has 144 valence electrons. The Morgan fingerprint density at radius 3 is 2.23 bits per heavy atom. The molecular weight excluding hydrogens is 342 g/mol. The summed E-state index contributed by atoms with van der Waals surface area (Å²) >= 11 is 0. The number of carbonyl (C=O) groups is 5. The average Bonchev–Trinajstić information content (AvgIpc) is 3.37. The molecule has 0 aromatic carbocycles. The molecule has 10 nitrogen and oxygen atoms in total. The van der Waals surface area contributed by atoms with E-state index in [0.29, 0.717) is 25.7 Å². The van der Waals surface area contributed by atoms with E-state index in [-0.39, 0.29) is 6.04 Å². The van der Waals surface area contributed by atoms with Gasteiger partial charge in [-0.3, -0.25) is 34.9 Å². The van der Waals surface area contributed by atoms with Crippen LogP contribution >= 0.6 is 0 Å². The number of imide groups is 1. The van der Waals surface area contributed by atoms with Crippen LogP contribution in [0, 0.1) is 0 Å². The Balaban J connectivity index is 1.87. The highest BCUT2D eigenvalue weighted by atomic mass is 16.2. The smallest absolute Gasteiger partial charge is 0.327 e. The molecule has 1 saturated carbocycles. The van der Waals surface area contributed by atoms with E-state index in [0.717, 1.165) is 17.7 Å². The first kappa shape index (κ1) is 19.7. The first-order valence-corrected chi connectivity index (χ1v) is 8.86. The van der Waals surface area contributed by atoms with Crippen LogP contribution in [0.5, 0.6) is 0 Å². The van der Waals surface area contributed by atoms with Crippen LogP contribution in [-0.4, -0.2) is 52.7 Å². The van der Waals surface area contributed by atoms with Crippen molar-refractivity contribution in [2.45, 2.75) is 64.0 Å². The molecule has 1 aliphatic heterocycles. The predicted octanol–water partition coefficient (Wildman–Crippen LogP) is -0.697. The number of hydrogen-bond acceptors (Lipinski definition) is 5. The van der Waals surface area contributed by atoms with Crippen molar-refractivity contribution in [2.24, 2.45) is 0 Å². The number of nitrogens with zero attached hydrogens (tertiary/aromatic N) is 1. The van der Waals surface area contributed by atoms with Gasteiger partial charge in [0.2, 0.25) is 0 Å². The molecule has 10 heteroatoms. The molecule has 0 spiro atoms. The van der Waals surface area contributed by atoms with E-state index in [4.69, 9.17) is 0 Å². The Morgan fingerprint density at radius 2 is 1.69 bits per heavy atom. The molecule has 1 heterocycles. The normalized spacial score (nSPS) is 18.3. The van der Waals surface area contributed by atoms with E-state index in [1.807, 2.05) is 24.7 Å². The van der Waals surface area contributed by atoms with Gasteiger partial charge in [0.15, 0.2) is 0 Å². The maximum atomic E-state index is 12.6. The van der Waals surface area contributed by atoms with Gasteiger partial charge in [0.1, 0.15) is 12.1 Å². The SMILES string of the molecule is CCCC1(CCC)NC(=O)N(CC(=O)NNC(=O)C(=O)NC2CC2)C1=O. The minimum absolute atomic E-state index is 0.0140. The fourth-order valence-electron chi connectivity index (χ4n) is 2.98. The van der Waals surface area contributed by atoms with Crippen molar-refractivity contribution in [1.82, 2.24) is 26.4 Å². The zero-order valence-electron chi connectivity index (χ0n) is 15.0. The number of rotatable bonds is 7. The van der Waals surface area contributed by atoms with Crippen LogP contribution < -0.4 is 21.5 Å². The molecule has 0 unspecified atom stereocenters. The summed E-state index contributed by atoms with van der Waals surface area (Å²) < 4.78 is 0. The monoisotopic (exact) mass is 367 g/mol. The number of hydrogen-bond donors (Lipinski definition) is 4. The van der Waals surface area contributed by atoms with E-state index in [1.54, 1.807) is 0 Å². The lowest BCUT2D eigenvalue weighted by atomic mass is 9.88. The second-order valence-corrected chi connectivity index (χ2v) is 6.65. The summed E-state index contributed by atoms with van der Waals surface area (Å²) in [6.07, 6.45) is 4.04. The van der Waals surface area contributed by atoms with Crippen LogP contribution in [0.25, 0.3) is 0 Å². The molecule has 1 saturated heterocycles. The van der Waals surface area contributed by atoms with Crippen LogP contribution in [0.3, 0.4) is 0 Å². The van der Waals surface area contributed by atoms with E-state index < -0.39 is 41.7 Å². The zero-order valence-corrected chi connectivity index (χ0v) is 15.0. The topological polar surface area (TPSA) is 137 Å². The standard InChI is InChI=1S/C16H25N5O5/c1-3-7-16(8-4-2)14(25)21(15(26)18-16)9-11(22)19-20-13(24)12(23)17-10-5-6-10/h10H,3-9H2,1-2H3,(H,17,23)(H,18,26)(H,19,22)(H,20,24). The first-order valence-electron chi connectivity index (χ1n) is 8.86. The largest absolute Gasteiger partial charge is 0.345 e. The lowest BCUT2D eigenvalue weighted by molar-refractivity contribution is -0.141. The number of hydrazine groups is 1. The molecule has 0 radical (unpaired) electrons. The molecule has 0 aromatic rings. The molecule has 2 aliphatic rings. The van der Waals surface area contributed by atoms with E-state index in [1.165, 1.54) is 0 Å². The zero-order chi connectivity index (χ0) is 19.3. The van der Waals surface area contributed by atoms with Gasteiger partial charge in [0.05, 0.1) is 0 Å². The summed E-state index contributed by atoms with van der Waals surface area (Å²) in [5.74, 6) is -3.06. The van der Waals surface area contributed by atoms with Crippen LogP contribution in [0.2, 0.25) is 0 Å². The van der Waals surface area contributed by atoms with Crippen LogP contribution in [0.15, 0.2) is 0 Å². The lowest BCUT2D eigenvalue weighted by Gasteiger charge is -2.25. The molecule has 4 N–H and O–H groups in total. The Kier molecular flexibility index (Phi) is 6.17. The minimum Gasteiger partial charge on any atom is -0.345 e. The molecule has 0 atom stereocenters. The summed E-state index contributed by atoms with van der Waals surface area (Å²) in [4.78, 5) is 60.6. The molecular formula is C16H25N5O5. The molecule has 6 amide bonds. The third-order valence-electron chi connectivity index (χ3n) is 4.34. The Bertz CT molecular complexity index is 610. The summed E-state index contributed by atoms with van der Waals surface area (Å²) in [6, 6.07) is -0.620. The van der Waals surface area contributed by atoms with Crippen LogP contribution in [0.1, 0.15) is 52.4 Å². The van der Waals surface area contributed by atoms with Crippen LogP contribution in [-0.2, 0) is 19.2 Å². The lowest BCUT2D eigenvalue weighted by Crippen LogP contribution is -2.52. The van der Waals surface area contributed by atoms with Crippen molar-refractivity contribution in [1.29, 1.82) is 0 Å². The molecule has 2 fully saturated rings. The van der Waals surface area contributed by atoms with Gasteiger partial charge in [-0.05, 0) is 25.7 Å². The van der Waals surface area contributed by atoms with Crippen molar-refractivity contribution in [2.75, 3.05) is 6.54 Å². The molecule has 1 aliphatic carbocycles. The van der Waals surface area contributed by atoms with Crippen molar-refractivity contribution in [3.05, 3.63) is 0 Å². The Labute approximate surface area is 151 Å². The molecule has 2 rings (SSSR count). The minimum atomic E-state index is -1.01. The maximum Gasteiger partial charge on any atom is 0.327 e. The third-order valence-corrected chi connectivity index (χ3v) is 4.34. The molecule has 0 aromatic heterocycles. The number of urea groups is 1. The van der Waals surface area contributed by atoms with Gasteiger partial charge < -0.3 is 10.6 Å². The van der Waals surface area contributed by atoms with Gasteiger partial charge in [0, 0.05) is 6.04 Å². The second kappa shape index (κ2) is 8.15.